The average molecular weight is 448 g/mol. The van der Waals surface area contributed by atoms with Crippen molar-refractivity contribution in [3.05, 3.63) is 29.3 Å². The van der Waals surface area contributed by atoms with Gasteiger partial charge in [0.1, 0.15) is 11.4 Å². The molecule has 1 heterocycles. The van der Waals surface area contributed by atoms with E-state index in [-0.39, 0.29) is 31.4 Å². The summed E-state index contributed by atoms with van der Waals surface area (Å²) in [6.07, 6.45) is 1.35. The second-order valence-electron chi connectivity index (χ2n) is 9.34. The second kappa shape index (κ2) is 11.7. The van der Waals surface area contributed by atoms with Crippen molar-refractivity contribution in [1.82, 2.24) is 15.5 Å². The van der Waals surface area contributed by atoms with Crippen molar-refractivity contribution in [2.45, 2.75) is 59.5 Å². The fourth-order valence-electron chi connectivity index (χ4n) is 3.37. The van der Waals surface area contributed by atoms with Gasteiger partial charge in [0.25, 0.3) is 5.91 Å². The lowest BCUT2D eigenvalue weighted by atomic mass is 9.96. The monoisotopic (exact) mass is 447 g/mol. The van der Waals surface area contributed by atoms with Crippen LogP contribution in [0.2, 0.25) is 0 Å². The zero-order valence-electron chi connectivity index (χ0n) is 20.0. The molecular formula is C24H37N3O5. The molecule has 0 saturated carbocycles. The van der Waals surface area contributed by atoms with Crippen molar-refractivity contribution in [2.75, 3.05) is 32.8 Å². The molecule has 0 spiro atoms. The fourth-order valence-corrected chi connectivity index (χ4v) is 3.37. The first-order valence-corrected chi connectivity index (χ1v) is 11.2. The normalized spacial score (nSPS) is 14.6. The van der Waals surface area contributed by atoms with E-state index in [0.717, 1.165) is 18.4 Å². The van der Waals surface area contributed by atoms with E-state index in [1.807, 2.05) is 36.9 Å². The Morgan fingerprint density at radius 2 is 1.75 bits per heavy atom. The Morgan fingerprint density at radius 3 is 2.38 bits per heavy atom. The van der Waals surface area contributed by atoms with Crippen LogP contribution >= 0.6 is 0 Å². The van der Waals surface area contributed by atoms with Gasteiger partial charge in [-0.1, -0.05) is 6.07 Å². The summed E-state index contributed by atoms with van der Waals surface area (Å²) >= 11 is 0. The fraction of sp³-hybridized carbons (Fsp3) is 0.625. The van der Waals surface area contributed by atoms with Gasteiger partial charge in [0.15, 0.2) is 6.61 Å². The molecule has 1 saturated heterocycles. The minimum atomic E-state index is -0.561. The summed E-state index contributed by atoms with van der Waals surface area (Å²) in [6, 6.07) is 5.82. The number of hydrogen-bond acceptors (Lipinski definition) is 5. The summed E-state index contributed by atoms with van der Waals surface area (Å²) in [5, 5.41) is 5.49. The Bertz CT molecular complexity index is 795. The highest BCUT2D eigenvalue weighted by Crippen LogP contribution is 2.19. The Labute approximate surface area is 191 Å². The highest BCUT2D eigenvalue weighted by molar-refractivity contribution is 5.78. The molecule has 1 aromatic rings. The Morgan fingerprint density at radius 1 is 1.06 bits per heavy atom. The van der Waals surface area contributed by atoms with Crippen molar-refractivity contribution < 1.29 is 23.9 Å². The van der Waals surface area contributed by atoms with E-state index in [0.29, 0.717) is 31.3 Å². The maximum atomic E-state index is 12.4. The third-order valence-electron chi connectivity index (χ3n) is 5.42. The van der Waals surface area contributed by atoms with Crippen LogP contribution in [0.3, 0.4) is 0 Å². The molecule has 1 aliphatic heterocycles. The number of ether oxygens (including phenoxy) is 2. The molecule has 0 unspecified atom stereocenters. The minimum Gasteiger partial charge on any atom is -0.484 e. The van der Waals surface area contributed by atoms with Crippen molar-refractivity contribution in [1.29, 1.82) is 0 Å². The molecule has 0 atom stereocenters. The van der Waals surface area contributed by atoms with Gasteiger partial charge in [-0.15, -0.1) is 0 Å². The zero-order chi connectivity index (χ0) is 23.7. The van der Waals surface area contributed by atoms with Gasteiger partial charge < -0.3 is 25.0 Å². The van der Waals surface area contributed by atoms with Crippen LogP contribution in [0.4, 0.5) is 4.79 Å². The summed E-state index contributed by atoms with van der Waals surface area (Å²) in [5.74, 6) is 0.919. The number of likely N-dealkylation sites (tertiary alicyclic amines) is 1. The Kier molecular flexibility index (Phi) is 9.35. The van der Waals surface area contributed by atoms with Gasteiger partial charge in [0.2, 0.25) is 5.91 Å². The number of carbonyl (C=O) groups is 3. The number of hydrogen-bond donors (Lipinski definition) is 2. The van der Waals surface area contributed by atoms with E-state index in [2.05, 4.69) is 10.6 Å². The summed E-state index contributed by atoms with van der Waals surface area (Å²) in [5.41, 5.74) is 1.77. The maximum Gasteiger partial charge on any atom is 0.407 e. The third-order valence-corrected chi connectivity index (χ3v) is 5.42. The quantitative estimate of drug-likeness (QED) is 0.639. The van der Waals surface area contributed by atoms with Crippen molar-refractivity contribution in [3.63, 3.8) is 0 Å². The van der Waals surface area contributed by atoms with Gasteiger partial charge in [0, 0.05) is 32.6 Å². The lowest BCUT2D eigenvalue weighted by molar-refractivity contribution is -0.135. The van der Waals surface area contributed by atoms with Gasteiger partial charge in [-0.05, 0) is 76.6 Å². The summed E-state index contributed by atoms with van der Waals surface area (Å²) < 4.78 is 10.8. The SMILES string of the molecule is Cc1ccc(OCC(=O)N2CCC(CNC(=O)CCNC(=O)OC(C)(C)C)CC2)cc1C. The van der Waals surface area contributed by atoms with Crippen molar-refractivity contribution in [2.24, 2.45) is 5.92 Å². The van der Waals surface area contributed by atoms with E-state index >= 15 is 0 Å². The number of nitrogens with one attached hydrogen (secondary N) is 2. The lowest BCUT2D eigenvalue weighted by Crippen LogP contribution is -2.43. The first kappa shape index (κ1) is 25.5. The zero-order valence-corrected chi connectivity index (χ0v) is 20.0. The van der Waals surface area contributed by atoms with E-state index < -0.39 is 11.7 Å². The van der Waals surface area contributed by atoms with Gasteiger partial charge in [0.05, 0.1) is 0 Å². The largest absolute Gasteiger partial charge is 0.484 e. The minimum absolute atomic E-state index is 0.0149. The number of rotatable bonds is 8. The number of nitrogens with zero attached hydrogens (tertiary/aromatic N) is 1. The van der Waals surface area contributed by atoms with Crippen LogP contribution in [0.5, 0.6) is 5.75 Å². The van der Waals surface area contributed by atoms with Crippen LogP contribution in [-0.4, -0.2) is 61.2 Å². The van der Waals surface area contributed by atoms with Gasteiger partial charge in [-0.25, -0.2) is 4.79 Å². The first-order chi connectivity index (χ1) is 15.0. The molecule has 0 aromatic heterocycles. The molecule has 178 valence electrons. The molecule has 1 fully saturated rings. The molecule has 2 N–H and O–H groups in total. The van der Waals surface area contributed by atoms with Crippen LogP contribution in [0.15, 0.2) is 18.2 Å². The molecule has 3 amide bonds. The molecular weight excluding hydrogens is 410 g/mol. The Hall–Kier alpha value is -2.77. The molecule has 8 heteroatoms. The molecule has 0 radical (unpaired) electrons. The average Bonchev–Trinajstić information content (AvgIpc) is 2.72. The smallest absolute Gasteiger partial charge is 0.407 e. The molecule has 0 aliphatic carbocycles. The summed E-state index contributed by atoms with van der Waals surface area (Å²) in [4.78, 5) is 37.9. The van der Waals surface area contributed by atoms with Crippen LogP contribution < -0.4 is 15.4 Å². The molecule has 32 heavy (non-hydrogen) atoms. The topological polar surface area (TPSA) is 97.0 Å². The maximum absolute atomic E-state index is 12.4. The predicted octanol–water partition coefficient (Wildman–Crippen LogP) is 2.95. The van der Waals surface area contributed by atoms with Crippen LogP contribution in [0.25, 0.3) is 0 Å². The number of carbonyl (C=O) groups excluding carboxylic acids is 3. The van der Waals surface area contributed by atoms with Crippen LogP contribution in [0, 0.1) is 19.8 Å². The highest BCUT2D eigenvalue weighted by Gasteiger charge is 2.23. The molecule has 8 nitrogen and oxygen atoms in total. The van der Waals surface area contributed by atoms with Crippen LogP contribution in [-0.2, 0) is 14.3 Å². The third kappa shape index (κ3) is 9.16. The van der Waals surface area contributed by atoms with Gasteiger partial charge in [-0.3, -0.25) is 9.59 Å². The summed E-state index contributed by atoms with van der Waals surface area (Å²) in [7, 11) is 0. The van der Waals surface area contributed by atoms with Crippen LogP contribution in [0.1, 0.15) is 51.2 Å². The number of aryl methyl sites for hydroxylation is 2. The molecule has 0 bridgehead atoms. The second-order valence-corrected chi connectivity index (χ2v) is 9.34. The number of amides is 3. The molecule has 2 rings (SSSR count). The number of benzene rings is 1. The number of alkyl carbamates (subject to hydrolysis) is 1. The lowest BCUT2D eigenvalue weighted by Gasteiger charge is -2.32. The predicted molar refractivity (Wildman–Crippen MR) is 123 cm³/mol. The standard InChI is InChI=1S/C24H37N3O5/c1-17-6-7-20(14-18(17)2)31-16-22(29)27-12-9-19(10-13-27)15-26-21(28)8-11-25-23(30)32-24(3,4)5/h6-7,14,19H,8-13,15-16H2,1-5H3,(H,25,30)(H,26,28). The van der Waals surface area contributed by atoms with E-state index in [9.17, 15) is 14.4 Å². The van der Waals surface area contributed by atoms with E-state index in [4.69, 9.17) is 9.47 Å². The molecule has 1 aliphatic rings. The van der Waals surface area contributed by atoms with Crippen molar-refractivity contribution in [3.8, 4) is 5.75 Å². The van der Waals surface area contributed by atoms with E-state index in [1.165, 1.54) is 5.56 Å². The number of piperidine rings is 1. The van der Waals surface area contributed by atoms with Gasteiger partial charge >= 0.3 is 6.09 Å². The molecule has 1 aromatic carbocycles. The Balaban J connectivity index is 1.60. The van der Waals surface area contributed by atoms with Gasteiger partial charge in [-0.2, -0.15) is 0 Å². The highest BCUT2D eigenvalue weighted by atomic mass is 16.6. The van der Waals surface area contributed by atoms with Crippen molar-refractivity contribution >= 4 is 17.9 Å². The first-order valence-electron chi connectivity index (χ1n) is 11.2. The summed E-state index contributed by atoms with van der Waals surface area (Å²) in [6.45, 7) is 11.6. The van der Waals surface area contributed by atoms with E-state index in [1.54, 1.807) is 20.8 Å².